The van der Waals surface area contributed by atoms with Gasteiger partial charge in [0.25, 0.3) is 5.91 Å². The molecule has 1 aliphatic heterocycles. The van der Waals surface area contributed by atoms with E-state index in [0.29, 0.717) is 25.3 Å². The third kappa shape index (κ3) is 4.69. The van der Waals surface area contributed by atoms with Gasteiger partial charge in [0.15, 0.2) is 0 Å². The second-order valence-electron chi connectivity index (χ2n) is 6.91. The zero-order chi connectivity index (χ0) is 19.2. The number of ether oxygens (including phenoxy) is 2. The lowest BCUT2D eigenvalue weighted by Gasteiger charge is -2.26. The molecule has 2 heterocycles. The number of carbonyl (C=O) groups excluding carboxylic acids is 1. The highest BCUT2D eigenvalue weighted by molar-refractivity contribution is 5.96. The van der Waals surface area contributed by atoms with Crippen LogP contribution in [0.2, 0.25) is 0 Å². The lowest BCUT2D eigenvalue weighted by Crippen LogP contribution is -2.40. The number of hydrogen-bond acceptors (Lipinski definition) is 4. The Morgan fingerprint density at radius 2 is 2.11 bits per heavy atom. The van der Waals surface area contributed by atoms with Crippen LogP contribution in [0, 0.1) is 13.8 Å². The molecule has 0 aliphatic carbocycles. The molecule has 146 valence electrons. The van der Waals surface area contributed by atoms with E-state index in [1.807, 2.05) is 60.7 Å². The maximum Gasteiger partial charge on any atom is 0.257 e. The van der Waals surface area contributed by atoms with Crippen molar-refractivity contribution in [3.05, 3.63) is 47.3 Å². The largest absolute Gasteiger partial charge is 0.492 e. The van der Waals surface area contributed by atoms with Crippen molar-refractivity contribution in [1.82, 2.24) is 14.7 Å². The van der Waals surface area contributed by atoms with Crippen molar-refractivity contribution in [2.75, 3.05) is 26.3 Å². The summed E-state index contributed by atoms with van der Waals surface area (Å²) in [5.41, 5.74) is 2.40. The van der Waals surface area contributed by atoms with Gasteiger partial charge in [0.1, 0.15) is 12.4 Å². The summed E-state index contributed by atoms with van der Waals surface area (Å²) in [4.78, 5) is 15.2. The van der Waals surface area contributed by atoms with E-state index >= 15 is 0 Å². The van der Waals surface area contributed by atoms with Crippen molar-refractivity contribution in [2.24, 2.45) is 0 Å². The highest BCUT2D eigenvalue weighted by Gasteiger charge is 2.27. The van der Waals surface area contributed by atoms with Gasteiger partial charge in [0.2, 0.25) is 0 Å². The third-order valence-electron chi connectivity index (χ3n) is 5.00. The van der Waals surface area contributed by atoms with Crippen LogP contribution in [-0.4, -0.2) is 53.0 Å². The molecule has 0 N–H and O–H groups in total. The number of aromatic nitrogens is 2. The summed E-state index contributed by atoms with van der Waals surface area (Å²) in [6.07, 6.45) is 2.15. The molecule has 0 spiro atoms. The maximum absolute atomic E-state index is 13.3. The second-order valence-corrected chi connectivity index (χ2v) is 6.91. The van der Waals surface area contributed by atoms with Crippen molar-refractivity contribution >= 4 is 5.91 Å². The molecule has 1 aliphatic rings. The van der Waals surface area contributed by atoms with Crippen molar-refractivity contribution in [3.8, 4) is 5.75 Å². The number of para-hydroxylation sites is 1. The van der Waals surface area contributed by atoms with Crippen LogP contribution in [0.4, 0.5) is 0 Å². The predicted molar refractivity (Wildman–Crippen MR) is 104 cm³/mol. The fourth-order valence-electron chi connectivity index (χ4n) is 3.57. The molecule has 1 atom stereocenters. The van der Waals surface area contributed by atoms with Crippen LogP contribution in [0.15, 0.2) is 30.3 Å². The molecule has 1 unspecified atom stereocenters. The summed E-state index contributed by atoms with van der Waals surface area (Å²) >= 11 is 0. The van der Waals surface area contributed by atoms with Gasteiger partial charge in [0, 0.05) is 25.4 Å². The summed E-state index contributed by atoms with van der Waals surface area (Å²) in [7, 11) is 0. The normalized spacial score (nSPS) is 16.5. The zero-order valence-corrected chi connectivity index (χ0v) is 16.5. The molecular weight excluding hydrogens is 342 g/mol. The van der Waals surface area contributed by atoms with Crippen molar-refractivity contribution in [3.63, 3.8) is 0 Å². The minimum Gasteiger partial charge on any atom is -0.492 e. The number of nitrogens with zero attached hydrogens (tertiary/aromatic N) is 3. The second kappa shape index (κ2) is 9.04. The fraction of sp³-hybridized carbons (Fsp3) is 0.524. The molecule has 0 radical (unpaired) electrons. The molecule has 6 heteroatoms. The van der Waals surface area contributed by atoms with Crippen LogP contribution in [0.25, 0.3) is 0 Å². The zero-order valence-electron chi connectivity index (χ0n) is 16.5. The molecule has 0 bridgehead atoms. The van der Waals surface area contributed by atoms with E-state index in [9.17, 15) is 4.79 Å². The Balaban J connectivity index is 1.72. The van der Waals surface area contributed by atoms with Gasteiger partial charge >= 0.3 is 0 Å². The topological polar surface area (TPSA) is 56.6 Å². The van der Waals surface area contributed by atoms with Crippen LogP contribution in [-0.2, 0) is 11.3 Å². The van der Waals surface area contributed by atoms with E-state index < -0.39 is 0 Å². The van der Waals surface area contributed by atoms with Crippen molar-refractivity contribution in [2.45, 2.75) is 46.3 Å². The number of benzene rings is 1. The Morgan fingerprint density at radius 3 is 2.74 bits per heavy atom. The first kappa shape index (κ1) is 19.4. The fourth-order valence-corrected chi connectivity index (χ4v) is 3.57. The number of aryl methyl sites for hydroxylation is 2. The lowest BCUT2D eigenvalue weighted by molar-refractivity contribution is 0.0492. The number of rotatable bonds is 8. The quantitative estimate of drug-likeness (QED) is 0.715. The van der Waals surface area contributed by atoms with Gasteiger partial charge in [-0.25, -0.2) is 0 Å². The van der Waals surface area contributed by atoms with Gasteiger partial charge in [-0.2, -0.15) is 5.10 Å². The Labute approximate surface area is 161 Å². The van der Waals surface area contributed by atoms with Gasteiger partial charge in [-0.1, -0.05) is 18.2 Å². The summed E-state index contributed by atoms with van der Waals surface area (Å²) < 4.78 is 13.5. The molecule has 6 nitrogen and oxygen atoms in total. The molecular formula is C21H29N3O3. The highest BCUT2D eigenvalue weighted by Crippen LogP contribution is 2.19. The Kier molecular flexibility index (Phi) is 6.50. The molecule has 0 saturated carbocycles. The smallest absolute Gasteiger partial charge is 0.257 e. The Morgan fingerprint density at radius 1 is 1.33 bits per heavy atom. The SMILES string of the molecule is CCn1nc(C)c(C(=O)N(CCOc2ccccc2)CC2CCCO2)c1C. The van der Waals surface area contributed by atoms with E-state index in [4.69, 9.17) is 9.47 Å². The van der Waals surface area contributed by atoms with Gasteiger partial charge in [0.05, 0.1) is 23.9 Å². The van der Waals surface area contributed by atoms with Gasteiger partial charge in [-0.15, -0.1) is 0 Å². The van der Waals surface area contributed by atoms with Gasteiger partial charge < -0.3 is 14.4 Å². The van der Waals surface area contributed by atoms with Crippen LogP contribution in [0.1, 0.15) is 41.5 Å². The molecule has 27 heavy (non-hydrogen) atoms. The summed E-state index contributed by atoms with van der Waals surface area (Å²) in [6, 6.07) is 9.68. The minimum atomic E-state index is 0.0110. The van der Waals surface area contributed by atoms with E-state index in [1.54, 1.807) is 0 Å². The maximum atomic E-state index is 13.3. The lowest BCUT2D eigenvalue weighted by atomic mass is 10.1. The van der Waals surface area contributed by atoms with Crippen molar-refractivity contribution < 1.29 is 14.3 Å². The molecule has 1 aromatic carbocycles. The van der Waals surface area contributed by atoms with E-state index in [1.165, 1.54) is 0 Å². The molecule has 1 aromatic heterocycles. The average Bonchev–Trinajstić information content (AvgIpc) is 3.28. The molecule has 1 fully saturated rings. The monoisotopic (exact) mass is 371 g/mol. The van der Waals surface area contributed by atoms with E-state index in [0.717, 1.165) is 43.1 Å². The first-order chi connectivity index (χ1) is 13.1. The van der Waals surface area contributed by atoms with Crippen LogP contribution >= 0.6 is 0 Å². The van der Waals surface area contributed by atoms with E-state index in [2.05, 4.69) is 5.10 Å². The minimum absolute atomic E-state index is 0.0110. The Bertz CT molecular complexity index is 752. The van der Waals surface area contributed by atoms with Crippen LogP contribution in [0.3, 0.4) is 0 Å². The van der Waals surface area contributed by atoms with Gasteiger partial charge in [-0.3, -0.25) is 9.48 Å². The molecule has 1 saturated heterocycles. The summed E-state index contributed by atoms with van der Waals surface area (Å²) in [6.45, 7) is 8.98. The third-order valence-corrected chi connectivity index (χ3v) is 5.00. The Hall–Kier alpha value is -2.34. The number of hydrogen-bond donors (Lipinski definition) is 0. The van der Waals surface area contributed by atoms with Crippen LogP contribution < -0.4 is 4.74 Å². The number of carbonyl (C=O) groups is 1. The summed E-state index contributed by atoms with van der Waals surface area (Å²) in [5.74, 6) is 0.824. The standard InChI is InChI=1S/C21H29N3O3/c1-4-24-17(3)20(16(2)22-24)21(25)23(15-19-11-8-13-26-19)12-14-27-18-9-6-5-7-10-18/h5-7,9-10,19H,4,8,11-15H2,1-3H3. The van der Waals surface area contributed by atoms with Gasteiger partial charge in [-0.05, 0) is 45.7 Å². The first-order valence-electron chi connectivity index (χ1n) is 9.73. The highest BCUT2D eigenvalue weighted by atomic mass is 16.5. The molecule has 1 amide bonds. The molecule has 2 aromatic rings. The summed E-state index contributed by atoms with van der Waals surface area (Å²) in [5, 5.41) is 4.50. The van der Waals surface area contributed by atoms with Crippen LogP contribution in [0.5, 0.6) is 5.75 Å². The predicted octanol–water partition coefficient (Wildman–Crippen LogP) is 3.22. The first-order valence-corrected chi connectivity index (χ1v) is 9.73. The van der Waals surface area contributed by atoms with Crippen molar-refractivity contribution in [1.29, 1.82) is 0 Å². The molecule has 3 rings (SSSR count). The average molecular weight is 371 g/mol. The number of amides is 1. The van der Waals surface area contributed by atoms with E-state index in [-0.39, 0.29) is 12.0 Å².